The summed E-state index contributed by atoms with van der Waals surface area (Å²) in [6.07, 6.45) is 6.62. The minimum Gasteiger partial charge on any atom is -0.340 e. The molecule has 154 valence electrons. The van der Waals surface area contributed by atoms with Gasteiger partial charge in [0, 0.05) is 51.9 Å². The van der Waals surface area contributed by atoms with Gasteiger partial charge in [0.25, 0.3) is 0 Å². The molecule has 0 aliphatic carbocycles. The van der Waals surface area contributed by atoms with Crippen molar-refractivity contribution in [3.8, 4) is 6.07 Å². The van der Waals surface area contributed by atoms with Crippen LogP contribution in [0, 0.1) is 17.2 Å². The Balaban J connectivity index is 1.51. The second kappa shape index (κ2) is 10.2. The lowest BCUT2D eigenvalue weighted by Crippen LogP contribution is -2.48. The third-order valence-corrected chi connectivity index (χ3v) is 5.96. The van der Waals surface area contributed by atoms with Gasteiger partial charge in [0.2, 0.25) is 5.91 Å². The molecule has 2 aromatic rings. The van der Waals surface area contributed by atoms with Crippen molar-refractivity contribution in [1.82, 2.24) is 19.4 Å². The van der Waals surface area contributed by atoms with E-state index < -0.39 is 0 Å². The lowest BCUT2D eigenvalue weighted by molar-refractivity contribution is -0.134. The van der Waals surface area contributed by atoms with Gasteiger partial charge in [-0.05, 0) is 23.6 Å². The van der Waals surface area contributed by atoms with Crippen LogP contribution in [-0.2, 0) is 17.9 Å². The zero-order valence-corrected chi connectivity index (χ0v) is 17.5. The maximum Gasteiger partial charge on any atom is 0.222 e. The smallest absolute Gasteiger partial charge is 0.222 e. The summed E-state index contributed by atoms with van der Waals surface area (Å²) in [4.78, 5) is 21.3. The summed E-state index contributed by atoms with van der Waals surface area (Å²) in [6, 6.07) is 9.84. The average molecular weight is 394 g/mol. The molecule has 6 nitrogen and oxygen atoms in total. The number of carbonyl (C=O) groups excluding carboxylic acids is 1. The largest absolute Gasteiger partial charge is 0.340 e. The molecule has 0 N–H and O–H groups in total. The van der Waals surface area contributed by atoms with E-state index in [1.54, 1.807) is 0 Å². The monoisotopic (exact) mass is 393 g/mol. The highest BCUT2D eigenvalue weighted by molar-refractivity contribution is 5.76. The van der Waals surface area contributed by atoms with Crippen molar-refractivity contribution < 1.29 is 4.79 Å². The van der Waals surface area contributed by atoms with Crippen LogP contribution in [0.2, 0.25) is 0 Å². The van der Waals surface area contributed by atoms with Crippen molar-refractivity contribution in [3.05, 3.63) is 53.6 Å². The van der Waals surface area contributed by atoms with Crippen molar-refractivity contribution in [2.75, 3.05) is 26.2 Å². The summed E-state index contributed by atoms with van der Waals surface area (Å²) in [5.41, 5.74) is 3.00. The zero-order valence-electron chi connectivity index (χ0n) is 17.5. The summed E-state index contributed by atoms with van der Waals surface area (Å²) >= 11 is 0. The van der Waals surface area contributed by atoms with E-state index in [1.165, 1.54) is 5.69 Å². The quantitative estimate of drug-likeness (QED) is 0.690. The molecule has 3 rings (SSSR count). The number of carbonyl (C=O) groups is 1. The number of hydrogen-bond acceptors (Lipinski definition) is 4. The molecule has 1 aromatic carbocycles. The van der Waals surface area contributed by atoms with Gasteiger partial charge in [0.05, 0.1) is 23.7 Å². The molecule has 29 heavy (non-hydrogen) atoms. The number of nitrogens with zero attached hydrogens (tertiary/aromatic N) is 5. The number of hydrogen-bond donors (Lipinski definition) is 0. The van der Waals surface area contributed by atoms with E-state index in [9.17, 15) is 4.79 Å². The summed E-state index contributed by atoms with van der Waals surface area (Å²) in [7, 11) is 0. The van der Waals surface area contributed by atoms with E-state index in [2.05, 4.69) is 34.4 Å². The molecule has 1 aromatic heterocycles. The highest BCUT2D eigenvalue weighted by atomic mass is 16.2. The van der Waals surface area contributed by atoms with Gasteiger partial charge in [-0.25, -0.2) is 4.98 Å². The molecule has 1 amide bonds. The Morgan fingerprint density at radius 3 is 2.41 bits per heavy atom. The number of imidazole rings is 1. The molecule has 0 atom stereocenters. The first-order valence-corrected chi connectivity index (χ1v) is 10.6. The Hall–Kier alpha value is -2.65. The number of benzene rings is 1. The van der Waals surface area contributed by atoms with E-state index in [0.29, 0.717) is 23.8 Å². The lowest BCUT2D eigenvalue weighted by Gasteiger charge is -2.35. The van der Waals surface area contributed by atoms with Crippen LogP contribution in [0.1, 0.15) is 49.9 Å². The van der Waals surface area contributed by atoms with Gasteiger partial charge in [-0.15, -0.1) is 0 Å². The molecular weight excluding hydrogens is 362 g/mol. The normalized spacial score (nSPS) is 14.9. The van der Waals surface area contributed by atoms with Gasteiger partial charge in [-0.2, -0.15) is 5.26 Å². The maximum absolute atomic E-state index is 12.5. The topological polar surface area (TPSA) is 65.2 Å². The van der Waals surface area contributed by atoms with Gasteiger partial charge in [-0.1, -0.05) is 38.8 Å². The van der Waals surface area contributed by atoms with Crippen molar-refractivity contribution in [1.29, 1.82) is 5.26 Å². The van der Waals surface area contributed by atoms with Crippen LogP contribution in [-0.4, -0.2) is 51.4 Å². The van der Waals surface area contributed by atoms with Gasteiger partial charge in [0.15, 0.2) is 0 Å². The molecular formula is C23H31N5O. The van der Waals surface area contributed by atoms with Gasteiger partial charge < -0.3 is 9.47 Å². The molecule has 1 aliphatic heterocycles. The zero-order chi connectivity index (χ0) is 20.6. The lowest BCUT2D eigenvalue weighted by atomic mass is 9.98. The molecule has 0 bridgehead atoms. The summed E-state index contributed by atoms with van der Waals surface area (Å²) in [6.45, 7) is 9.33. The number of aromatic nitrogens is 2. The van der Waals surface area contributed by atoms with Crippen LogP contribution < -0.4 is 0 Å². The van der Waals surface area contributed by atoms with Crippen LogP contribution in [0.5, 0.6) is 0 Å². The van der Waals surface area contributed by atoms with Crippen LogP contribution in [0.3, 0.4) is 0 Å². The number of nitriles is 1. The van der Waals surface area contributed by atoms with E-state index in [4.69, 9.17) is 5.26 Å². The standard InChI is InChI=1S/C23H31N5O/c1-3-19(4-2)13-23(29)27-11-9-26(10-12-27)17-22-15-25-18-28(22)16-21-7-5-20(14-24)6-8-21/h5-8,15,18-19H,3-4,9-13,16-17H2,1-2H3. The van der Waals surface area contributed by atoms with E-state index >= 15 is 0 Å². The number of rotatable bonds is 8. The predicted octanol–water partition coefficient (Wildman–Crippen LogP) is 3.27. The first-order chi connectivity index (χ1) is 14.1. The Morgan fingerprint density at radius 1 is 1.10 bits per heavy atom. The fourth-order valence-corrected chi connectivity index (χ4v) is 3.84. The average Bonchev–Trinajstić information content (AvgIpc) is 3.19. The molecule has 1 aliphatic rings. The third-order valence-electron chi connectivity index (χ3n) is 5.96. The number of piperazine rings is 1. The van der Waals surface area contributed by atoms with E-state index in [1.807, 2.05) is 41.7 Å². The fourth-order valence-electron chi connectivity index (χ4n) is 3.84. The Morgan fingerprint density at radius 2 is 1.79 bits per heavy atom. The van der Waals surface area contributed by atoms with Crippen LogP contribution >= 0.6 is 0 Å². The fraction of sp³-hybridized carbons (Fsp3) is 0.522. The molecule has 0 radical (unpaired) electrons. The molecule has 1 fully saturated rings. The van der Waals surface area contributed by atoms with Crippen molar-refractivity contribution in [3.63, 3.8) is 0 Å². The molecule has 1 saturated heterocycles. The first-order valence-electron chi connectivity index (χ1n) is 10.6. The molecule has 0 spiro atoms. The molecule has 0 saturated carbocycles. The predicted molar refractivity (Wildman–Crippen MR) is 113 cm³/mol. The van der Waals surface area contributed by atoms with Crippen LogP contribution in [0.4, 0.5) is 0 Å². The van der Waals surface area contributed by atoms with E-state index in [0.717, 1.165) is 57.7 Å². The second-order valence-corrected chi connectivity index (χ2v) is 7.87. The minimum absolute atomic E-state index is 0.309. The molecule has 0 unspecified atom stereocenters. The highest BCUT2D eigenvalue weighted by Gasteiger charge is 2.23. The minimum atomic E-state index is 0.309. The Labute approximate surface area is 173 Å². The van der Waals surface area contributed by atoms with Crippen molar-refractivity contribution in [2.45, 2.75) is 46.2 Å². The van der Waals surface area contributed by atoms with Gasteiger partial charge in [0.1, 0.15) is 0 Å². The Bertz CT molecular complexity index is 824. The van der Waals surface area contributed by atoms with E-state index in [-0.39, 0.29) is 0 Å². The Kier molecular flexibility index (Phi) is 7.42. The summed E-state index contributed by atoms with van der Waals surface area (Å²) in [5.74, 6) is 0.821. The summed E-state index contributed by atoms with van der Waals surface area (Å²) < 4.78 is 2.16. The van der Waals surface area contributed by atoms with Crippen LogP contribution in [0.15, 0.2) is 36.8 Å². The highest BCUT2D eigenvalue weighted by Crippen LogP contribution is 2.16. The van der Waals surface area contributed by atoms with Crippen LogP contribution in [0.25, 0.3) is 0 Å². The third kappa shape index (κ3) is 5.68. The maximum atomic E-state index is 12.5. The summed E-state index contributed by atoms with van der Waals surface area (Å²) in [5, 5.41) is 8.94. The van der Waals surface area contributed by atoms with Gasteiger partial charge in [-0.3, -0.25) is 9.69 Å². The number of amides is 1. The SMILES string of the molecule is CCC(CC)CC(=O)N1CCN(Cc2cncn2Cc2ccc(C#N)cc2)CC1. The van der Waals surface area contributed by atoms with Crippen molar-refractivity contribution >= 4 is 5.91 Å². The molecule has 2 heterocycles. The second-order valence-electron chi connectivity index (χ2n) is 7.87. The van der Waals surface area contributed by atoms with Gasteiger partial charge >= 0.3 is 0 Å². The van der Waals surface area contributed by atoms with Crippen molar-refractivity contribution in [2.24, 2.45) is 5.92 Å². The molecule has 6 heteroatoms. The first kappa shape index (κ1) is 21.1.